The first-order chi connectivity index (χ1) is 38.7. The van der Waals surface area contributed by atoms with Crippen molar-refractivity contribution in [2.24, 2.45) is 0 Å². The first-order valence-electron chi connectivity index (χ1n) is 26.4. The van der Waals surface area contributed by atoms with Crippen LogP contribution in [0.25, 0.3) is 144 Å². The van der Waals surface area contributed by atoms with Crippen molar-refractivity contribution in [2.75, 3.05) is 0 Å². The monoisotopic (exact) mass is 994 g/mol. The average Bonchev–Trinajstić information content (AvgIpc) is 4.23. The van der Waals surface area contributed by atoms with E-state index in [0.717, 1.165) is 89.1 Å². The highest BCUT2D eigenvalue weighted by molar-refractivity contribution is 6.15. The molecule has 0 aliphatic heterocycles. The fourth-order valence-corrected chi connectivity index (χ4v) is 11.5. The van der Waals surface area contributed by atoms with Crippen LogP contribution in [0.5, 0.6) is 0 Å². The van der Waals surface area contributed by atoms with Crippen LogP contribution in [0.1, 0.15) is 0 Å². The molecule has 0 unspecified atom stereocenters. The van der Waals surface area contributed by atoms with Gasteiger partial charge in [-0.05, 0) is 81.6 Å². The van der Waals surface area contributed by atoms with E-state index in [4.69, 9.17) is 19.9 Å². The summed E-state index contributed by atoms with van der Waals surface area (Å²) in [5.74, 6) is 3.23. The maximum absolute atomic E-state index is 5.25. The molecule has 4 heterocycles. The molecule has 0 saturated heterocycles. The molecule has 0 amide bonds. The van der Waals surface area contributed by atoms with Gasteiger partial charge in [0.1, 0.15) is 11.6 Å². The van der Waals surface area contributed by atoms with Gasteiger partial charge in [0.15, 0.2) is 11.6 Å². The highest BCUT2D eigenvalue weighted by atomic mass is 15.1. The number of rotatable bonds is 6. The normalized spacial score (nSPS) is 11.6. The zero-order valence-electron chi connectivity index (χ0n) is 42.2. The van der Waals surface area contributed by atoms with Crippen LogP contribution in [-0.4, -0.2) is 29.1 Å². The molecule has 0 N–H and O–H groups in total. The molecule has 16 aromatic rings. The van der Waals surface area contributed by atoms with Crippen LogP contribution in [0.15, 0.2) is 279 Å². The zero-order valence-corrected chi connectivity index (χ0v) is 42.2. The van der Waals surface area contributed by atoms with Crippen LogP contribution >= 0.6 is 0 Å². The van der Waals surface area contributed by atoms with Crippen LogP contribution in [0.2, 0.25) is 0 Å². The Balaban J connectivity index is 0.000000136. The molecule has 0 aliphatic rings. The van der Waals surface area contributed by atoms with E-state index < -0.39 is 0 Å². The molecule has 12 aromatic carbocycles. The lowest BCUT2D eigenvalue weighted by atomic mass is 10.0. The molecular formula is C72H46N6. The Kier molecular flexibility index (Phi) is 10.7. The van der Waals surface area contributed by atoms with E-state index in [1.54, 1.807) is 0 Å². The molecule has 0 spiro atoms. The molecule has 16 rings (SSSR count). The van der Waals surface area contributed by atoms with Gasteiger partial charge in [-0.3, -0.25) is 9.13 Å². The highest BCUT2D eigenvalue weighted by Crippen LogP contribution is 2.40. The Morgan fingerprint density at radius 3 is 0.949 bits per heavy atom. The number of hydrogen-bond donors (Lipinski definition) is 0. The molecule has 0 bridgehead atoms. The summed E-state index contributed by atoms with van der Waals surface area (Å²) in [7, 11) is 0. The van der Waals surface area contributed by atoms with Gasteiger partial charge >= 0.3 is 0 Å². The van der Waals surface area contributed by atoms with Gasteiger partial charge in [0.2, 0.25) is 0 Å². The Labute approximate surface area is 449 Å². The predicted octanol–water partition coefficient (Wildman–Crippen LogP) is 18.4. The lowest BCUT2D eigenvalue weighted by Gasteiger charge is -2.14. The van der Waals surface area contributed by atoms with Crippen molar-refractivity contribution in [1.29, 1.82) is 0 Å². The smallest absolute Gasteiger partial charge is 0.162 e. The Hall–Kier alpha value is -10.6. The lowest BCUT2D eigenvalue weighted by molar-refractivity contribution is 1.08. The van der Waals surface area contributed by atoms with Gasteiger partial charge in [0.25, 0.3) is 0 Å². The van der Waals surface area contributed by atoms with Crippen molar-refractivity contribution in [3.05, 3.63) is 279 Å². The van der Waals surface area contributed by atoms with E-state index in [2.05, 4.69) is 252 Å². The fraction of sp³-hybridized carbons (Fsp3) is 0. The Morgan fingerprint density at radius 1 is 0.205 bits per heavy atom. The summed E-state index contributed by atoms with van der Waals surface area (Å²) < 4.78 is 4.62. The number of benzene rings is 12. The van der Waals surface area contributed by atoms with Crippen LogP contribution in [0.4, 0.5) is 0 Å². The van der Waals surface area contributed by atoms with Crippen LogP contribution in [-0.2, 0) is 0 Å². The molecular weight excluding hydrogens is 949 g/mol. The molecule has 0 radical (unpaired) electrons. The summed E-state index contributed by atoms with van der Waals surface area (Å²) in [5, 5.41) is 11.5. The van der Waals surface area contributed by atoms with Crippen LogP contribution in [0, 0.1) is 0 Å². The van der Waals surface area contributed by atoms with Gasteiger partial charge in [-0.1, -0.05) is 231 Å². The molecule has 4 aromatic heterocycles. The molecule has 6 nitrogen and oxygen atoms in total. The van der Waals surface area contributed by atoms with E-state index in [0.29, 0.717) is 0 Å². The maximum Gasteiger partial charge on any atom is 0.162 e. The molecule has 6 heteroatoms. The van der Waals surface area contributed by atoms with Crippen molar-refractivity contribution in [3.63, 3.8) is 0 Å². The van der Waals surface area contributed by atoms with E-state index in [-0.39, 0.29) is 0 Å². The molecule has 364 valence electrons. The van der Waals surface area contributed by atoms with Gasteiger partial charge < -0.3 is 0 Å². The van der Waals surface area contributed by atoms with Gasteiger partial charge in [0, 0.05) is 54.2 Å². The second-order valence-corrected chi connectivity index (χ2v) is 19.7. The molecule has 78 heavy (non-hydrogen) atoms. The standard InChI is InChI=1S/2C36H23N3/c2*1-3-11-24(12-4-1)27-20-22-33-31(23-27)29-17-9-10-18-32(29)39(33)36-30-21-19-25-13-7-8-16-28(25)34(30)37-35(38-36)26-14-5-2-6-15-26/h2*1-23H. The van der Waals surface area contributed by atoms with Gasteiger partial charge in [0.05, 0.1) is 33.1 Å². The number of nitrogens with zero attached hydrogens (tertiary/aromatic N) is 6. The molecule has 0 fully saturated rings. The lowest BCUT2D eigenvalue weighted by Crippen LogP contribution is -2.03. The second-order valence-electron chi connectivity index (χ2n) is 19.7. The van der Waals surface area contributed by atoms with Gasteiger partial charge in [-0.25, -0.2) is 19.9 Å². The number of fused-ring (bicyclic) bond motifs is 12. The number of para-hydroxylation sites is 2. The molecule has 0 saturated carbocycles. The first-order valence-corrected chi connectivity index (χ1v) is 26.4. The minimum absolute atomic E-state index is 0.723. The van der Waals surface area contributed by atoms with Crippen LogP contribution < -0.4 is 0 Å². The van der Waals surface area contributed by atoms with Gasteiger partial charge in [-0.2, -0.15) is 0 Å². The third-order valence-corrected chi connectivity index (χ3v) is 15.2. The van der Waals surface area contributed by atoms with Crippen molar-refractivity contribution < 1.29 is 0 Å². The maximum atomic E-state index is 5.25. The van der Waals surface area contributed by atoms with Crippen LogP contribution in [0.3, 0.4) is 0 Å². The highest BCUT2D eigenvalue weighted by Gasteiger charge is 2.21. The summed E-state index contributed by atoms with van der Waals surface area (Å²) in [4.78, 5) is 20.8. The predicted molar refractivity (Wildman–Crippen MR) is 325 cm³/mol. The average molecular weight is 995 g/mol. The Bertz CT molecular complexity index is 4640. The van der Waals surface area contributed by atoms with Crippen molar-refractivity contribution in [2.45, 2.75) is 0 Å². The SMILES string of the molecule is c1ccc(-c2ccc3c(c2)c2ccccc2n3-c2nc(-c3ccccc3)nc3c2ccc2ccccc23)cc1.c1ccc(-c2ccc3c(c2)c2ccccc2n3-c2nc(-c3ccccc3)nc3c2ccc2ccccc23)cc1. The molecule has 0 aliphatic carbocycles. The minimum Gasteiger partial charge on any atom is -0.293 e. The summed E-state index contributed by atoms with van der Waals surface area (Å²) >= 11 is 0. The summed E-state index contributed by atoms with van der Waals surface area (Å²) in [6.45, 7) is 0. The Morgan fingerprint density at radius 2 is 0.538 bits per heavy atom. The van der Waals surface area contributed by atoms with E-state index in [1.807, 2.05) is 36.4 Å². The summed E-state index contributed by atoms with van der Waals surface area (Å²) in [6.07, 6.45) is 0. The van der Waals surface area contributed by atoms with Crippen molar-refractivity contribution in [1.82, 2.24) is 29.1 Å². The largest absolute Gasteiger partial charge is 0.293 e. The fourth-order valence-electron chi connectivity index (χ4n) is 11.5. The van der Waals surface area contributed by atoms with Gasteiger partial charge in [-0.15, -0.1) is 0 Å². The van der Waals surface area contributed by atoms with E-state index >= 15 is 0 Å². The summed E-state index contributed by atoms with van der Waals surface area (Å²) in [5.41, 5.74) is 13.3. The second kappa shape index (κ2) is 18.7. The molecule has 0 atom stereocenters. The van der Waals surface area contributed by atoms with Crippen molar-refractivity contribution in [3.8, 4) is 56.7 Å². The zero-order chi connectivity index (χ0) is 51.5. The first kappa shape index (κ1) is 44.9. The topological polar surface area (TPSA) is 61.4 Å². The quantitative estimate of drug-likeness (QED) is 0.156. The van der Waals surface area contributed by atoms with E-state index in [9.17, 15) is 0 Å². The number of hydrogen-bond acceptors (Lipinski definition) is 4. The third-order valence-electron chi connectivity index (χ3n) is 15.2. The number of aromatic nitrogens is 6. The van der Waals surface area contributed by atoms with Crippen molar-refractivity contribution >= 4 is 87.0 Å². The third kappa shape index (κ3) is 7.57. The summed E-state index contributed by atoms with van der Waals surface area (Å²) in [6, 6.07) is 98.0. The minimum atomic E-state index is 0.723. The van der Waals surface area contributed by atoms with E-state index in [1.165, 1.54) is 54.6 Å².